The van der Waals surface area contributed by atoms with Crippen molar-refractivity contribution in [2.75, 3.05) is 0 Å². The number of thiocarbonyl (C=S) groups is 1. The lowest BCUT2D eigenvalue weighted by atomic mass is 10.2. The molecule has 4 aromatic rings. The van der Waals surface area contributed by atoms with Gasteiger partial charge in [0.25, 0.3) is 0 Å². The second kappa shape index (κ2) is 10.0. The van der Waals surface area contributed by atoms with Gasteiger partial charge in [0.05, 0.1) is 0 Å². The van der Waals surface area contributed by atoms with Crippen LogP contribution in [-0.2, 0) is 0 Å². The number of nitrogens with zero attached hydrogens (tertiary/aromatic N) is 1. The Hall–Kier alpha value is -2.89. The van der Waals surface area contributed by atoms with Crippen molar-refractivity contribution in [3.8, 4) is 0 Å². The third-order valence-corrected chi connectivity index (χ3v) is 9.35. The Balaban J connectivity index is 0.000000755. The van der Waals surface area contributed by atoms with Gasteiger partial charge >= 0.3 is 0 Å². The van der Waals surface area contributed by atoms with E-state index >= 15 is 0 Å². The zero-order valence-corrected chi connectivity index (χ0v) is 18.0. The zero-order valence-electron chi connectivity index (χ0n) is 16.3. The predicted octanol–water partition coefficient (Wildman–Crippen LogP) is 5.27. The summed E-state index contributed by atoms with van der Waals surface area (Å²) in [6.45, 7) is 2.24. The van der Waals surface area contributed by atoms with Crippen LogP contribution in [0.5, 0.6) is 0 Å². The fourth-order valence-electron chi connectivity index (χ4n) is 3.76. The average Bonchev–Trinajstić information content (AvgIpc) is 2.78. The van der Waals surface area contributed by atoms with Gasteiger partial charge in [-0.05, 0) is 55.0 Å². The molecule has 0 spiro atoms. The van der Waals surface area contributed by atoms with Gasteiger partial charge in [0, 0.05) is 0 Å². The van der Waals surface area contributed by atoms with Crippen molar-refractivity contribution in [2.45, 2.75) is 6.92 Å². The van der Waals surface area contributed by atoms with E-state index in [0.717, 1.165) is 0 Å². The minimum Gasteiger partial charge on any atom is -0.753 e. The van der Waals surface area contributed by atoms with Crippen LogP contribution < -0.4 is 21.2 Å². The number of hydrogen-bond acceptors (Lipinski definition) is 1. The normalized spacial score (nSPS) is 10.4. The number of rotatable bonds is 4. The smallest absolute Gasteiger partial charge is 0.144 e. The molecule has 142 valence electrons. The fraction of sp³-hybridized carbons (Fsp3) is 0.0385. The molecule has 0 saturated heterocycles. The molecule has 0 saturated carbocycles. The maximum Gasteiger partial charge on any atom is 0.144 e. The standard InChI is InChI=1S/C25H22P.CNS/c1-21-13-11-12-20-25(21)26(22-14-5-2-6-15-22,23-16-7-3-8-17-23)24-18-9-4-10-19-24;2-1-3/h2-20H,1H3;/q+1;-1. The van der Waals surface area contributed by atoms with E-state index in [2.05, 4.69) is 134 Å². The van der Waals surface area contributed by atoms with Gasteiger partial charge in [-0.1, -0.05) is 85.0 Å². The van der Waals surface area contributed by atoms with Crippen LogP contribution >= 0.6 is 19.5 Å². The second-order valence-corrected chi connectivity index (χ2v) is 10.1. The largest absolute Gasteiger partial charge is 0.753 e. The molecule has 0 unspecified atom stereocenters. The Kier molecular flexibility index (Phi) is 7.22. The third kappa shape index (κ3) is 4.26. The quantitative estimate of drug-likeness (QED) is 0.255. The maximum atomic E-state index is 7.13. The van der Waals surface area contributed by atoms with E-state index in [0.29, 0.717) is 0 Å². The van der Waals surface area contributed by atoms with E-state index in [-0.39, 0.29) is 0 Å². The summed E-state index contributed by atoms with van der Waals surface area (Å²) >= 11 is 3.70. The van der Waals surface area contributed by atoms with Gasteiger partial charge in [-0.25, -0.2) is 0 Å². The van der Waals surface area contributed by atoms with Crippen molar-refractivity contribution in [1.29, 1.82) is 0 Å². The maximum absolute atomic E-state index is 7.13. The van der Waals surface area contributed by atoms with Crippen LogP contribution in [-0.4, -0.2) is 5.16 Å². The SMILES string of the molecule is Cc1ccccc1[P+](c1ccccc1)(c1ccccc1)c1ccccc1.[N-]=C=S. The van der Waals surface area contributed by atoms with Gasteiger partial charge in [0.15, 0.2) is 0 Å². The summed E-state index contributed by atoms with van der Waals surface area (Å²) in [4.78, 5) is 0. The molecule has 3 heteroatoms. The molecule has 0 bridgehead atoms. The molecular formula is C26H22NPS. The molecular weight excluding hydrogens is 389 g/mol. The van der Waals surface area contributed by atoms with Gasteiger partial charge in [0.2, 0.25) is 0 Å². The molecule has 0 aliphatic heterocycles. The summed E-state index contributed by atoms with van der Waals surface area (Å²) in [7, 11) is -1.94. The van der Waals surface area contributed by atoms with Gasteiger partial charge in [-0.2, -0.15) is 5.16 Å². The van der Waals surface area contributed by atoms with Crippen LogP contribution in [0.4, 0.5) is 0 Å². The van der Waals surface area contributed by atoms with Gasteiger partial charge in [-0.3, -0.25) is 0 Å². The minimum absolute atomic E-state index is 1.33. The molecule has 0 radical (unpaired) electrons. The van der Waals surface area contributed by atoms with Crippen LogP contribution in [0.2, 0.25) is 0 Å². The van der Waals surface area contributed by atoms with E-state index < -0.39 is 7.26 Å². The van der Waals surface area contributed by atoms with Gasteiger partial charge in [-0.15, -0.1) is 0 Å². The van der Waals surface area contributed by atoms with Crippen LogP contribution in [0, 0.1) is 6.92 Å². The minimum atomic E-state index is -1.94. The molecule has 0 heterocycles. The molecule has 0 N–H and O–H groups in total. The van der Waals surface area contributed by atoms with Crippen molar-refractivity contribution < 1.29 is 0 Å². The topological polar surface area (TPSA) is 22.3 Å². The Morgan fingerprint density at radius 3 is 1.24 bits per heavy atom. The summed E-state index contributed by atoms with van der Waals surface area (Å²) in [6.07, 6.45) is 0. The van der Waals surface area contributed by atoms with Crippen molar-refractivity contribution in [3.05, 3.63) is 126 Å². The molecule has 29 heavy (non-hydrogen) atoms. The predicted molar refractivity (Wildman–Crippen MR) is 132 cm³/mol. The van der Waals surface area contributed by atoms with Crippen molar-refractivity contribution in [1.82, 2.24) is 0 Å². The summed E-state index contributed by atoms with van der Waals surface area (Å²) < 4.78 is 0. The lowest BCUT2D eigenvalue weighted by Gasteiger charge is -2.28. The summed E-state index contributed by atoms with van der Waals surface area (Å²) in [5, 5.41) is 14.1. The van der Waals surface area contributed by atoms with Crippen LogP contribution in [0.15, 0.2) is 115 Å². The molecule has 4 rings (SSSR count). The van der Waals surface area contributed by atoms with Crippen molar-refractivity contribution in [3.63, 3.8) is 0 Å². The Labute approximate surface area is 178 Å². The Morgan fingerprint density at radius 2 is 0.897 bits per heavy atom. The van der Waals surface area contributed by atoms with Crippen LogP contribution in [0.1, 0.15) is 5.56 Å². The summed E-state index contributed by atoms with van der Waals surface area (Å²) in [6, 6.07) is 41.9. The highest BCUT2D eigenvalue weighted by Gasteiger charge is 2.48. The number of benzene rings is 4. The zero-order chi connectivity index (χ0) is 20.5. The fourth-order valence-corrected chi connectivity index (χ4v) is 8.26. The molecule has 4 aromatic carbocycles. The first-order chi connectivity index (χ1) is 14.2. The van der Waals surface area contributed by atoms with E-state index in [1.165, 1.54) is 31.9 Å². The second-order valence-electron chi connectivity index (χ2n) is 6.56. The highest BCUT2D eigenvalue weighted by Crippen LogP contribution is 2.54. The van der Waals surface area contributed by atoms with Gasteiger partial charge < -0.3 is 5.41 Å². The molecule has 0 fully saturated rings. The number of isothiocyanates is 1. The van der Waals surface area contributed by atoms with Crippen molar-refractivity contribution >= 4 is 45.9 Å². The molecule has 0 aliphatic carbocycles. The Bertz CT molecular complexity index is 977. The molecule has 0 aliphatic rings. The first-order valence-electron chi connectivity index (χ1n) is 9.38. The summed E-state index contributed by atoms with van der Waals surface area (Å²) in [5.74, 6) is 0. The molecule has 0 amide bonds. The number of hydrogen-bond donors (Lipinski definition) is 0. The Morgan fingerprint density at radius 1 is 0.586 bits per heavy atom. The van der Waals surface area contributed by atoms with E-state index in [4.69, 9.17) is 5.41 Å². The van der Waals surface area contributed by atoms with Crippen LogP contribution in [0.25, 0.3) is 5.41 Å². The van der Waals surface area contributed by atoms with E-state index in [9.17, 15) is 0 Å². The number of aryl methyl sites for hydroxylation is 1. The molecule has 0 aromatic heterocycles. The van der Waals surface area contributed by atoms with Gasteiger partial charge in [0.1, 0.15) is 28.5 Å². The average molecular weight is 412 g/mol. The lowest BCUT2D eigenvalue weighted by Crippen LogP contribution is -2.39. The van der Waals surface area contributed by atoms with E-state index in [1.807, 2.05) is 0 Å². The highest BCUT2D eigenvalue weighted by atomic mass is 32.1. The summed E-state index contributed by atoms with van der Waals surface area (Å²) in [5.41, 5.74) is 1.34. The van der Waals surface area contributed by atoms with Crippen LogP contribution in [0.3, 0.4) is 0 Å². The third-order valence-electron chi connectivity index (χ3n) is 4.91. The molecule has 0 atom stereocenters. The van der Waals surface area contributed by atoms with E-state index in [1.54, 1.807) is 0 Å². The highest BCUT2D eigenvalue weighted by molar-refractivity contribution is 8.01. The van der Waals surface area contributed by atoms with Crippen molar-refractivity contribution in [2.24, 2.45) is 0 Å². The first kappa shape index (κ1) is 20.8. The first-order valence-corrected chi connectivity index (χ1v) is 11.6. The molecule has 1 nitrogen and oxygen atoms in total. The monoisotopic (exact) mass is 411 g/mol. The lowest BCUT2D eigenvalue weighted by molar-refractivity contribution is 1.51.